The SMILES string of the molecule is NC(N)=NCc1cccc(-c2ccc(C(=O)NC[C@H](NC(=O)OCc3ccccc3)C(=O)O)s2)c1. The van der Waals surface area contributed by atoms with Gasteiger partial charge in [-0.3, -0.25) is 4.79 Å². The fourth-order valence-corrected chi connectivity index (χ4v) is 3.93. The number of nitrogens with zero attached hydrogens (tertiary/aromatic N) is 1. The molecule has 11 heteroatoms. The molecular weight excluding hydrogens is 470 g/mol. The Morgan fingerprint density at radius 2 is 1.74 bits per heavy atom. The summed E-state index contributed by atoms with van der Waals surface area (Å²) in [7, 11) is 0. The molecule has 3 rings (SSSR count). The number of ether oxygens (including phenoxy) is 1. The van der Waals surface area contributed by atoms with E-state index in [1.54, 1.807) is 36.4 Å². The summed E-state index contributed by atoms with van der Waals surface area (Å²) in [4.78, 5) is 41.3. The van der Waals surface area contributed by atoms with E-state index >= 15 is 0 Å². The molecule has 0 bridgehead atoms. The van der Waals surface area contributed by atoms with Crippen molar-refractivity contribution < 1.29 is 24.2 Å². The topological polar surface area (TPSA) is 169 Å². The number of benzene rings is 2. The lowest BCUT2D eigenvalue weighted by Crippen LogP contribution is -2.48. The van der Waals surface area contributed by atoms with E-state index in [1.807, 2.05) is 30.3 Å². The lowest BCUT2D eigenvalue weighted by atomic mass is 10.1. The summed E-state index contributed by atoms with van der Waals surface area (Å²) in [5.41, 5.74) is 13.3. The maximum atomic E-state index is 12.6. The second kappa shape index (κ2) is 12.2. The Kier molecular flexibility index (Phi) is 8.79. The van der Waals surface area contributed by atoms with Gasteiger partial charge in [-0.05, 0) is 34.9 Å². The van der Waals surface area contributed by atoms with Crippen LogP contribution in [0.4, 0.5) is 4.79 Å². The van der Waals surface area contributed by atoms with Crippen LogP contribution in [-0.2, 0) is 22.7 Å². The van der Waals surface area contributed by atoms with Crippen molar-refractivity contribution in [2.45, 2.75) is 19.2 Å². The smallest absolute Gasteiger partial charge is 0.408 e. The first-order valence-corrected chi connectivity index (χ1v) is 11.4. The predicted molar refractivity (Wildman–Crippen MR) is 133 cm³/mol. The summed E-state index contributed by atoms with van der Waals surface area (Å²) < 4.78 is 5.05. The second-order valence-electron chi connectivity index (χ2n) is 7.41. The number of aliphatic imine (C=N–C) groups is 1. The van der Waals surface area contributed by atoms with E-state index in [2.05, 4.69) is 15.6 Å². The number of amides is 2. The molecule has 0 saturated heterocycles. The quantitative estimate of drug-likeness (QED) is 0.212. The number of nitrogens with two attached hydrogens (primary N) is 2. The number of carboxylic acids is 1. The highest BCUT2D eigenvalue weighted by atomic mass is 32.1. The van der Waals surface area contributed by atoms with Crippen LogP contribution in [0, 0.1) is 0 Å². The van der Waals surface area contributed by atoms with E-state index in [-0.39, 0.29) is 19.1 Å². The van der Waals surface area contributed by atoms with Gasteiger partial charge in [0.1, 0.15) is 12.6 Å². The van der Waals surface area contributed by atoms with Crippen molar-refractivity contribution in [1.29, 1.82) is 0 Å². The number of nitrogens with one attached hydrogen (secondary N) is 2. The Balaban J connectivity index is 1.55. The van der Waals surface area contributed by atoms with Crippen molar-refractivity contribution in [2.24, 2.45) is 16.5 Å². The zero-order chi connectivity index (χ0) is 25.2. The highest BCUT2D eigenvalue weighted by molar-refractivity contribution is 7.17. The van der Waals surface area contributed by atoms with Gasteiger partial charge in [-0.25, -0.2) is 14.6 Å². The van der Waals surface area contributed by atoms with Crippen molar-refractivity contribution in [2.75, 3.05) is 6.54 Å². The number of carbonyl (C=O) groups is 3. The molecule has 0 saturated carbocycles. The zero-order valence-electron chi connectivity index (χ0n) is 18.6. The monoisotopic (exact) mass is 495 g/mol. The number of hydrogen-bond acceptors (Lipinski definition) is 6. The van der Waals surface area contributed by atoms with Crippen LogP contribution in [0.1, 0.15) is 20.8 Å². The Morgan fingerprint density at radius 3 is 2.46 bits per heavy atom. The molecule has 0 spiro atoms. The predicted octanol–water partition coefficient (Wildman–Crippen LogP) is 2.30. The Bertz CT molecular complexity index is 1210. The average molecular weight is 496 g/mol. The van der Waals surface area contributed by atoms with Crippen LogP contribution in [0.5, 0.6) is 0 Å². The number of hydrogen-bond donors (Lipinski definition) is 5. The van der Waals surface area contributed by atoms with E-state index in [4.69, 9.17) is 16.2 Å². The molecular formula is C24H25N5O5S. The molecule has 1 atom stereocenters. The van der Waals surface area contributed by atoms with Gasteiger partial charge in [0.2, 0.25) is 0 Å². The number of rotatable bonds is 10. The molecule has 0 unspecified atom stereocenters. The number of aliphatic carboxylic acids is 1. The highest BCUT2D eigenvalue weighted by Gasteiger charge is 2.22. The molecule has 2 aromatic carbocycles. The van der Waals surface area contributed by atoms with Crippen LogP contribution in [-0.4, -0.2) is 41.6 Å². The molecule has 10 nitrogen and oxygen atoms in total. The average Bonchev–Trinajstić information content (AvgIpc) is 3.35. The van der Waals surface area contributed by atoms with Gasteiger partial charge in [0.15, 0.2) is 5.96 Å². The van der Waals surface area contributed by atoms with Crippen molar-refractivity contribution in [3.05, 3.63) is 82.7 Å². The van der Waals surface area contributed by atoms with E-state index in [9.17, 15) is 19.5 Å². The largest absolute Gasteiger partial charge is 0.480 e. The number of guanidine groups is 1. The van der Waals surface area contributed by atoms with Gasteiger partial charge in [0.05, 0.1) is 11.4 Å². The van der Waals surface area contributed by atoms with Crippen LogP contribution >= 0.6 is 11.3 Å². The normalized spacial score (nSPS) is 11.2. The van der Waals surface area contributed by atoms with Gasteiger partial charge < -0.3 is 31.9 Å². The number of carbonyl (C=O) groups excluding carboxylic acids is 2. The Morgan fingerprint density at radius 1 is 1.00 bits per heavy atom. The molecule has 0 radical (unpaired) electrons. The van der Waals surface area contributed by atoms with Crippen molar-refractivity contribution >= 4 is 35.3 Å². The third kappa shape index (κ3) is 7.86. The second-order valence-corrected chi connectivity index (χ2v) is 8.50. The van der Waals surface area contributed by atoms with E-state index in [0.717, 1.165) is 21.6 Å². The fourth-order valence-electron chi connectivity index (χ4n) is 3.01. The first-order valence-electron chi connectivity index (χ1n) is 10.5. The molecule has 0 aliphatic heterocycles. The van der Waals surface area contributed by atoms with Gasteiger partial charge in [0.25, 0.3) is 5.91 Å². The number of alkyl carbamates (subject to hydrolysis) is 1. The first kappa shape index (κ1) is 25.2. The summed E-state index contributed by atoms with van der Waals surface area (Å²) in [5.74, 6) is -1.75. The summed E-state index contributed by atoms with van der Waals surface area (Å²) in [5, 5.41) is 14.2. The lowest BCUT2D eigenvalue weighted by Gasteiger charge is -2.15. The van der Waals surface area contributed by atoms with Crippen LogP contribution < -0.4 is 22.1 Å². The number of thiophene rings is 1. The van der Waals surface area contributed by atoms with E-state index in [1.165, 1.54) is 11.3 Å². The van der Waals surface area contributed by atoms with Crippen molar-refractivity contribution in [1.82, 2.24) is 10.6 Å². The minimum absolute atomic E-state index is 0.00347. The van der Waals surface area contributed by atoms with Gasteiger partial charge in [-0.2, -0.15) is 0 Å². The molecule has 7 N–H and O–H groups in total. The highest BCUT2D eigenvalue weighted by Crippen LogP contribution is 2.29. The summed E-state index contributed by atoms with van der Waals surface area (Å²) in [6.45, 7) is 0.0264. The molecule has 35 heavy (non-hydrogen) atoms. The minimum Gasteiger partial charge on any atom is -0.480 e. The van der Waals surface area contributed by atoms with E-state index in [0.29, 0.717) is 11.4 Å². The van der Waals surface area contributed by atoms with Gasteiger partial charge >= 0.3 is 12.1 Å². The maximum absolute atomic E-state index is 12.6. The summed E-state index contributed by atoms with van der Waals surface area (Å²) in [6.07, 6.45) is -0.894. The van der Waals surface area contributed by atoms with E-state index < -0.39 is 24.0 Å². The summed E-state index contributed by atoms with van der Waals surface area (Å²) in [6, 6.07) is 18.6. The fraction of sp³-hybridized carbons (Fsp3) is 0.167. The molecule has 3 aromatic rings. The molecule has 2 amide bonds. The first-order chi connectivity index (χ1) is 16.8. The van der Waals surface area contributed by atoms with Gasteiger partial charge in [0, 0.05) is 11.4 Å². The molecule has 1 heterocycles. The Labute approximate surface area is 205 Å². The lowest BCUT2D eigenvalue weighted by molar-refractivity contribution is -0.139. The molecule has 0 aliphatic carbocycles. The van der Waals surface area contributed by atoms with Crippen LogP contribution in [0.25, 0.3) is 10.4 Å². The molecule has 182 valence electrons. The van der Waals surface area contributed by atoms with Crippen molar-refractivity contribution in [3.8, 4) is 10.4 Å². The van der Waals surface area contributed by atoms with Crippen molar-refractivity contribution in [3.63, 3.8) is 0 Å². The minimum atomic E-state index is -1.35. The summed E-state index contributed by atoms with van der Waals surface area (Å²) >= 11 is 1.25. The van der Waals surface area contributed by atoms with Crippen LogP contribution in [0.15, 0.2) is 71.7 Å². The van der Waals surface area contributed by atoms with Gasteiger partial charge in [-0.1, -0.05) is 48.5 Å². The van der Waals surface area contributed by atoms with Gasteiger partial charge in [-0.15, -0.1) is 11.3 Å². The third-order valence-electron chi connectivity index (χ3n) is 4.76. The molecule has 0 aliphatic rings. The maximum Gasteiger partial charge on any atom is 0.408 e. The standard InChI is InChI=1S/C24H25N5O5S/c25-23(26)28-12-16-7-4-8-17(11-16)19-9-10-20(35-19)21(30)27-13-18(22(31)32)29-24(33)34-14-15-5-2-1-3-6-15/h1-11,18H,12-14H2,(H,27,30)(H,29,33)(H,31,32)(H4,25,26,28)/t18-/m0/s1. The molecule has 1 aromatic heterocycles. The number of carboxylic acid groups (broad SMARTS) is 1. The Hall–Kier alpha value is -4.38. The zero-order valence-corrected chi connectivity index (χ0v) is 19.5. The molecule has 0 fully saturated rings. The van der Waals surface area contributed by atoms with Crippen LogP contribution in [0.2, 0.25) is 0 Å². The van der Waals surface area contributed by atoms with Crippen LogP contribution in [0.3, 0.4) is 0 Å². The third-order valence-corrected chi connectivity index (χ3v) is 5.89.